The molecule has 0 atom stereocenters. The Labute approximate surface area is 284 Å². The molecule has 9 aromatic rings. The molecule has 8 aromatic carbocycles. The molecule has 0 aliphatic carbocycles. The second-order valence-electron chi connectivity index (χ2n) is 12.2. The zero-order valence-corrected chi connectivity index (χ0v) is 27.1. The van der Waals surface area contributed by atoms with E-state index < -0.39 is 0 Å². The van der Waals surface area contributed by atoms with Gasteiger partial charge in [0, 0.05) is 42.7 Å². The molecule has 9 rings (SSSR count). The summed E-state index contributed by atoms with van der Waals surface area (Å²) in [7, 11) is 0. The molecular formula is C46H31NS. The predicted molar refractivity (Wildman–Crippen MR) is 208 cm³/mol. The summed E-state index contributed by atoms with van der Waals surface area (Å²) in [5, 5.41) is 5.07. The van der Waals surface area contributed by atoms with E-state index in [-0.39, 0.29) is 0 Å². The van der Waals surface area contributed by atoms with Gasteiger partial charge in [0.1, 0.15) is 0 Å². The van der Waals surface area contributed by atoms with E-state index in [4.69, 9.17) is 0 Å². The summed E-state index contributed by atoms with van der Waals surface area (Å²) in [6, 6.07) is 68.2. The Morgan fingerprint density at radius 3 is 1.79 bits per heavy atom. The number of benzene rings is 8. The lowest BCUT2D eigenvalue weighted by molar-refractivity contribution is 1.29. The Kier molecular flexibility index (Phi) is 7.07. The molecule has 0 radical (unpaired) electrons. The van der Waals surface area contributed by atoms with Gasteiger partial charge < -0.3 is 4.90 Å². The van der Waals surface area contributed by atoms with Crippen LogP contribution in [-0.2, 0) is 0 Å². The molecule has 0 amide bonds. The fourth-order valence-electron chi connectivity index (χ4n) is 6.90. The number of nitrogens with zero attached hydrogens (tertiary/aromatic N) is 1. The normalized spacial score (nSPS) is 11.3. The van der Waals surface area contributed by atoms with E-state index in [9.17, 15) is 0 Å². The minimum atomic E-state index is 1.11. The number of anilines is 3. The first-order valence-electron chi connectivity index (χ1n) is 16.3. The van der Waals surface area contributed by atoms with E-state index in [1.165, 1.54) is 64.3 Å². The molecule has 0 saturated heterocycles. The maximum Gasteiger partial charge on any atom is 0.0540 e. The summed E-state index contributed by atoms with van der Waals surface area (Å²) in [4.78, 5) is 2.44. The van der Waals surface area contributed by atoms with Crippen LogP contribution in [0.1, 0.15) is 0 Å². The third-order valence-electron chi connectivity index (χ3n) is 9.24. The van der Waals surface area contributed by atoms with E-state index in [2.05, 4.69) is 193 Å². The van der Waals surface area contributed by atoms with Gasteiger partial charge in [0.05, 0.1) is 5.69 Å². The topological polar surface area (TPSA) is 3.24 Å². The van der Waals surface area contributed by atoms with Crippen LogP contribution < -0.4 is 4.90 Å². The van der Waals surface area contributed by atoms with E-state index in [0.29, 0.717) is 0 Å². The molecule has 1 aromatic heterocycles. The summed E-state index contributed by atoms with van der Waals surface area (Å²) in [5.41, 5.74) is 10.6. The van der Waals surface area contributed by atoms with Crippen LogP contribution in [0, 0.1) is 0 Å². The smallest absolute Gasteiger partial charge is 0.0540 e. The molecule has 226 valence electrons. The lowest BCUT2D eigenvalue weighted by Crippen LogP contribution is -2.11. The number of fused-ring (bicyclic) bond motifs is 4. The summed E-state index contributed by atoms with van der Waals surface area (Å²) in [6.45, 7) is 0. The van der Waals surface area contributed by atoms with E-state index in [1.807, 2.05) is 11.3 Å². The number of rotatable bonds is 6. The van der Waals surface area contributed by atoms with Crippen molar-refractivity contribution in [3.8, 4) is 33.4 Å². The minimum absolute atomic E-state index is 1.11. The lowest BCUT2D eigenvalue weighted by atomic mass is 9.97. The first-order valence-corrected chi connectivity index (χ1v) is 17.2. The van der Waals surface area contributed by atoms with Gasteiger partial charge in [-0.1, -0.05) is 146 Å². The monoisotopic (exact) mass is 629 g/mol. The molecule has 1 nitrogen and oxygen atoms in total. The quantitative estimate of drug-likeness (QED) is 0.177. The van der Waals surface area contributed by atoms with Gasteiger partial charge in [-0.3, -0.25) is 0 Å². The van der Waals surface area contributed by atoms with Crippen molar-refractivity contribution in [2.75, 3.05) is 4.90 Å². The summed E-state index contributed by atoms with van der Waals surface area (Å²) in [5.74, 6) is 0. The molecule has 0 fully saturated rings. The fraction of sp³-hybridized carbons (Fsp3) is 0. The van der Waals surface area contributed by atoms with Gasteiger partial charge in [-0.15, -0.1) is 11.3 Å². The molecule has 0 aliphatic heterocycles. The highest BCUT2D eigenvalue weighted by atomic mass is 32.1. The summed E-state index contributed by atoms with van der Waals surface area (Å²) < 4.78 is 2.61. The average Bonchev–Trinajstić information content (AvgIpc) is 3.54. The van der Waals surface area contributed by atoms with E-state index >= 15 is 0 Å². The lowest BCUT2D eigenvalue weighted by Gasteiger charge is -2.29. The van der Waals surface area contributed by atoms with Crippen molar-refractivity contribution in [3.63, 3.8) is 0 Å². The van der Waals surface area contributed by atoms with Crippen molar-refractivity contribution in [1.82, 2.24) is 0 Å². The molecular weight excluding hydrogens is 599 g/mol. The maximum absolute atomic E-state index is 2.44. The largest absolute Gasteiger partial charge is 0.310 e. The number of thiophene rings is 1. The van der Waals surface area contributed by atoms with Crippen molar-refractivity contribution in [2.24, 2.45) is 0 Å². The van der Waals surface area contributed by atoms with E-state index in [1.54, 1.807) is 0 Å². The number of hydrogen-bond donors (Lipinski definition) is 0. The molecule has 0 spiro atoms. The van der Waals surface area contributed by atoms with Crippen LogP contribution in [0.2, 0.25) is 0 Å². The zero-order chi connectivity index (χ0) is 31.9. The van der Waals surface area contributed by atoms with Crippen molar-refractivity contribution >= 4 is 59.3 Å². The summed E-state index contributed by atoms with van der Waals surface area (Å²) >= 11 is 1.88. The number of para-hydroxylation sites is 1. The molecule has 48 heavy (non-hydrogen) atoms. The predicted octanol–water partition coefficient (Wildman–Crippen LogP) is 13.7. The van der Waals surface area contributed by atoms with Crippen LogP contribution in [0.25, 0.3) is 64.3 Å². The fourth-order valence-corrected chi connectivity index (χ4v) is 8.12. The molecule has 0 aliphatic rings. The van der Waals surface area contributed by atoms with Gasteiger partial charge in [-0.25, -0.2) is 0 Å². The van der Waals surface area contributed by atoms with Crippen molar-refractivity contribution in [2.45, 2.75) is 0 Å². The number of hydrogen-bond acceptors (Lipinski definition) is 2. The Morgan fingerprint density at radius 1 is 0.354 bits per heavy atom. The minimum Gasteiger partial charge on any atom is -0.310 e. The van der Waals surface area contributed by atoms with Crippen LogP contribution in [0.5, 0.6) is 0 Å². The van der Waals surface area contributed by atoms with Gasteiger partial charge in [-0.05, 0) is 75.5 Å². The highest BCUT2D eigenvalue weighted by Gasteiger charge is 2.21. The second kappa shape index (κ2) is 12.0. The van der Waals surface area contributed by atoms with Crippen LogP contribution in [-0.4, -0.2) is 0 Å². The third-order valence-corrected chi connectivity index (χ3v) is 10.5. The first-order chi connectivity index (χ1) is 23.8. The van der Waals surface area contributed by atoms with Crippen molar-refractivity contribution < 1.29 is 0 Å². The average molecular weight is 630 g/mol. The Hall–Kier alpha value is -5.96. The summed E-state index contributed by atoms with van der Waals surface area (Å²) in [6.07, 6.45) is 0. The molecule has 0 unspecified atom stereocenters. The van der Waals surface area contributed by atoms with Gasteiger partial charge in [0.15, 0.2) is 0 Å². The van der Waals surface area contributed by atoms with Gasteiger partial charge in [0.2, 0.25) is 0 Å². The van der Waals surface area contributed by atoms with Crippen LogP contribution in [0.15, 0.2) is 188 Å². The van der Waals surface area contributed by atoms with E-state index in [0.717, 1.165) is 17.1 Å². The molecule has 0 bridgehead atoms. The SMILES string of the molecule is c1ccc(-c2ccc(N(c3cc(-c4ccc5ccccc5c4)c4sc5ccccc5c4c3)c3ccccc3-c3ccccc3)cc2)cc1. The highest BCUT2D eigenvalue weighted by molar-refractivity contribution is 7.26. The second-order valence-corrected chi connectivity index (χ2v) is 13.2. The van der Waals surface area contributed by atoms with Gasteiger partial charge >= 0.3 is 0 Å². The Bertz CT molecular complexity index is 2550. The van der Waals surface area contributed by atoms with Crippen molar-refractivity contribution in [1.29, 1.82) is 0 Å². The Morgan fingerprint density at radius 2 is 0.979 bits per heavy atom. The van der Waals surface area contributed by atoms with Crippen LogP contribution >= 0.6 is 11.3 Å². The maximum atomic E-state index is 2.44. The first kappa shape index (κ1) is 28.3. The molecule has 0 saturated carbocycles. The molecule has 2 heteroatoms. The highest BCUT2D eigenvalue weighted by Crippen LogP contribution is 2.47. The van der Waals surface area contributed by atoms with Crippen molar-refractivity contribution in [3.05, 3.63) is 188 Å². The zero-order valence-electron chi connectivity index (χ0n) is 26.3. The van der Waals surface area contributed by atoms with Crippen LogP contribution in [0.3, 0.4) is 0 Å². The molecule has 0 N–H and O–H groups in total. The van der Waals surface area contributed by atoms with Crippen LogP contribution in [0.4, 0.5) is 17.1 Å². The van der Waals surface area contributed by atoms with Gasteiger partial charge in [0.25, 0.3) is 0 Å². The third kappa shape index (κ3) is 5.04. The molecule has 1 heterocycles. The van der Waals surface area contributed by atoms with Gasteiger partial charge in [-0.2, -0.15) is 0 Å². The standard InChI is InChI=1S/C46H31NS/c1-3-13-32(14-4-1)34-25-27-38(28-26-34)47(44-21-11-9-19-40(44)35-16-5-2-6-17-35)39-30-42(37-24-23-33-15-7-8-18-36(33)29-37)46-43(31-39)41-20-10-12-22-45(41)48-46/h1-31H. The Balaban J connectivity index is 1.32.